The summed E-state index contributed by atoms with van der Waals surface area (Å²) >= 11 is 0. The first-order valence-electron chi connectivity index (χ1n) is 6.11. The predicted molar refractivity (Wildman–Crippen MR) is 68.1 cm³/mol. The van der Waals surface area contributed by atoms with Crippen molar-refractivity contribution in [3.63, 3.8) is 0 Å². The van der Waals surface area contributed by atoms with Crippen LogP contribution in [0.1, 0.15) is 12.8 Å². The predicted octanol–water partition coefficient (Wildman–Crippen LogP) is 0.774. The number of nitrogens with two attached hydrogens (primary N) is 1. The SMILES string of the molecule is Nc1nc(NCC2CCOCC2)c2cn[nH]c2n1. The molecule has 0 bridgehead atoms. The van der Waals surface area contributed by atoms with Gasteiger partial charge in [-0.3, -0.25) is 5.10 Å². The molecule has 3 heterocycles. The minimum Gasteiger partial charge on any atom is -0.381 e. The number of ether oxygens (including phenoxy) is 1. The number of nitrogens with zero attached hydrogens (tertiary/aromatic N) is 3. The minimum atomic E-state index is 0.251. The van der Waals surface area contributed by atoms with Crippen molar-refractivity contribution in [1.82, 2.24) is 20.2 Å². The van der Waals surface area contributed by atoms with E-state index in [1.54, 1.807) is 6.20 Å². The zero-order chi connectivity index (χ0) is 12.4. The molecule has 18 heavy (non-hydrogen) atoms. The molecule has 0 unspecified atom stereocenters. The summed E-state index contributed by atoms with van der Waals surface area (Å²) < 4.78 is 5.34. The lowest BCUT2D eigenvalue weighted by atomic mass is 10.0. The second-order valence-electron chi connectivity index (χ2n) is 4.50. The van der Waals surface area contributed by atoms with E-state index in [0.29, 0.717) is 11.6 Å². The normalized spacial score (nSPS) is 17.1. The molecule has 2 aromatic heterocycles. The number of hydrogen-bond acceptors (Lipinski definition) is 6. The van der Waals surface area contributed by atoms with Crippen LogP contribution in [0, 0.1) is 5.92 Å². The number of nitrogens with one attached hydrogen (secondary N) is 2. The number of nitrogen functional groups attached to an aromatic ring is 1. The van der Waals surface area contributed by atoms with E-state index in [-0.39, 0.29) is 5.95 Å². The molecule has 1 aliphatic heterocycles. The Labute approximate surface area is 104 Å². The second kappa shape index (κ2) is 4.77. The van der Waals surface area contributed by atoms with E-state index in [9.17, 15) is 0 Å². The Morgan fingerprint density at radius 2 is 2.22 bits per heavy atom. The quantitative estimate of drug-likeness (QED) is 0.741. The molecule has 0 aromatic carbocycles. The molecule has 0 radical (unpaired) electrons. The van der Waals surface area contributed by atoms with E-state index in [1.165, 1.54) is 0 Å². The van der Waals surface area contributed by atoms with Gasteiger partial charge < -0.3 is 15.8 Å². The van der Waals surface area contributed by atoms with E-state index in [1.807, 2.05) is 0 Å². The van der Waals surface area contributed by atoms with E-state index < -0.39 is 0 Å². The number of fused-ring (bicyclic) bond motifs is 1. The highest BCUT2D eigenvalue weighted by molar-refractivity contribution is 5.86. The summed E-state index contributed by atoms with van der Waals surface area (Å²) in [6.45, 7) is 2.57. The lowest BCUT2D eigenvalue weighted by Gasteiger charge is -2.22. The average Bonchev–Trinajstić information content (AvgIpc) is 2.85. The summed E-state index contributed by atoms with van der Waals surface area (Å²) in [5.41, 5.74) is 6.33. The van der Waals surface area contributed by atoms with Crippen LogP contribution in [0.5, 0.6) is 0 Å². The molecule has 4 N–H and O–H groups in total. The molecule has 1 aliphatic rings. The Bertz CT molecular complexity index is 533. The molecular formula is C11H16N6O. The zero-order valence-corrected chi connectivity index (χ0v) is 10.0. The molecule has 1 saturated heterocycles. The zero-order valence-electron chi connectivity index (χ0n) is 10.0. The first-order valence-corrected chi connectivity index (χ1v) is 6.11. The highest BCUT2D eigenvalue weighted by Crippen LogP contribution is 2.21. The molecule has 0 aliphatic carbocycles. The van der Waals surface area contributed by atoms with E-state index in [0.717, 1.165) is 43.8 Å². The number of H-pyrrole nitrogens is 1. The van der Waals surface area contributed by atoms with Gasteiger partial charge in [0.1, 0.15) is 5.82 Å². The van der Waals surface area contributed by atoms with Crippen molar-refractivity contribution in [2.75, 3.05) is 30.8 Å². The van der Waals surface area contributed by atoms with E-state index >= 15 is 0 Å². The smallest absolute Gasteiger partial charge is 0.224 e. The highest BCUT2D eigenvalue weighted by Gasteiger charge is 2.15. The Hall–Kier alpha value is -1.89. The highest BCUT2D eigenvalue weighted by atomic mass is 16.5. The van der Waals surface area contributed by atoms with Gasteiger partial charge in [-0.2, -0.15) is 15.1 Å². The van der Waals surface area contributed by atoms with Crippen molar-refractivity contribution in [1.29, 1.82) is 0 Å². The van der Waals surface area contributed by atoms with Crippen molar-refractivity contribution in [2.24, 2.45) is 5.92 Å². The van der Waals surface area contributed by atoms with E-state index in [4.69, 9.17) is 10.5 Å². The molecule has 96 valence electrons. The molecule has 3 rings (SSSR count). The Balaban J connectivity index is 1.75. The number of hydrogen-bond donors (Lipinski definition) is 3. The van der Waals surface area contributed by atoms with Crippen LogP contribution in [-0.2, 0) is 4.74 Å². The third kappa shape index (κ3) is 2.21. The molecule has 7 nitrogen and oxygen atoms in total. The standard InChI is InChI=1S/C11H16N6O/c12-11-15-9(8-6-14-17-10(8)16-11)13-5-7-1-3-18-4-2-7/h6-7H,1-5H2,(H4,12,13,14,15,16,17). The fourth-order valence-electron chi connectivity index (χ4n) is 2.18. The van der Waals surface area contributed by atoms with Crippen molar-refractivity contribution >= 4 is 22.8 Å². The Kier molecular flexibility index (Phi) is 2.97. The van der Waals surface area contributed by atoms with Crippen molar-refractivity contribution in [3.8, 4) is 0 Å². The van der Waals surface area contributed by atoms with Crippen LogP contribution in [-0.4, -0.2) is 39.9 Å². The Morgan fingerprint density at radius 1 is 1.39 bits per heavy atom. The molecule has 1 fully saturated rings. The van der Waals surface area contributed by atoms with E-state index in [2.05, 4.69) is 25.5 Å². The minimum absolute atomic E-state index is 0.251. The van der Waals surface area contributed by atoms with Gasteiger partial charge in [-0.1, -0.05) is 0 Å². The summed E-state index contributed by atoms with van der Waals surface area (Å²) in [7, 11) is 0. The molecule has 0 amide bonds. The number of aromatic amines is 1. The average molecular weight is 248 g/mol. The van der Waals surface area contributed by atoms with Crippen molar-refractivity contribution < 1.29 is 4.74 Å². The summed E-state index contributed by atoms with van der Waals surface area (Å²) in [4.78, 5) is 8.30. The molecule has 0 atom stereocenters. The van der Waals surface area contributed by atoms with Crippen LogP contribution in [0.2, 0.25) is 0 Å². The van der Waals surface area contributed by atoms with Crippen LogP contribution in [0.4, 0.5) is 11.8 Å². The lowest BCUT2D eigenvalue weighted by molar-refractivity contribution is 0.0699. The topological polar surface area (TPSA) is 102 Å². The molecule has 2 aromatic rings. The van der Waals surface area contributed by atoms with Gasteiger partial charge in [0.05, 0.1) is 11.6 Å². The van der Waals surface area contributed by atoms with Crippen molar-refractivity contribution in [3.05, 3.63) is 6.20 Å². The fourth-order valence-corrected chi connectivity index (χ4v) is 2.18. The fraction of sp³-hybridized carbons (Fsp3) is 0.545. The maximum Gasteiger partial charge on any atom is 0.224 e. The first kappa shape index (κ1) is 11.2. The van der Waals surface area contributed by atoms with Gasteiger partial charge in [-0.15, -0.1) is 0 Å². The van der Waals surface area contributed by atoms with Gasteiger partial charge in [-0.05, 0) is 18.8 Å². The van der Waals surface area contributed by atoms with Crippen LogP contribution in [0.15, 0.2) is 6.20 Å². The number of aromatic nitrogens is 4. The lowest BCUT2D eigenvalue weighted by Crippen LogP contribution is -2.23. The summed E-state index contributed by atoms with van der Waals surface area (Å²) in [6, 6.07) is 0. The molecule has 0 saturated carbocycles. The van der Waals surface area contributed by atoms with Gasteiger partial charge in [0.15, 0.2) is 5.65 Å². The van der Waals surface area contributed by atoms with Gasteiger partial charge in [-0.25, -0.2) is 0 Å². The number of anilines is 2. The second-order valence-corrected chi connectivity index (χ2v) is 4.50. The van der Waals surface area contributed by atoms with Gasteiger partial charge in [0.25, 0.3) is 0 Å². The van der Waals surface area contributed by atoms with Gasteiger partial charge in [0, 0.05) is 19.8 Å². The monoisotopic (exact) mass is 248 g/mol. The summed E-state index contributed by atoms with van der Waals surface area (Å²) in [5.74, 6) is 1.62. The summed E-state index contributed by atoms with van der Waals surface area (Å²) in [5, 5.41) is 11.0. The molecule has 7 heteroatoms. The van der Waals surface area contributed by atoms with Crippen LogP contribution < -0.4 is 11.1 Å². The van der Waals surface area contributed by atoms with Gasteiger partial charge >= 0.3 is 0 Å². The van der Waals surface area contributed by atoms with Crippen LogP contribution in [0.25, 0.3) is 11.0 Å². The van der Waals surface area contributed by atoms with Crippen molar-refractivity contribution in [2.45, 2.75) is 12.8 Å². The summed E-state index contributed by atoms with van der Waals surface area (Å²) in [6.07, 6.45) is 3.88. The third-order valence-corrected chi connectivity index (χ3v) is 3.23. The van der Waals surface area contributed by atoms with Gasteiger partial charge in [0.2, 0.25) is 5.95 Å². The maximum absolute atomic E-state index is 5.66. The molecule has 0 spiro atoms. The molecular weight excluding hydrogens is 232 g/mol. The maximum atomic E-state index is 5.66. The third-order valence-electron chi connectivity index (χ3n) is 3.23. The first-order chi connectivity index (χ1) is 8.83. The van der Waals surface area contributed by atoms with Crippen LogP contribution >= 0.6 is 0 Å². The number of rotatable bonds is 3. The largest absolute Gasteiger partial charge is 0.381 e. The van der Waals surface area contributed by atoms with Crippen LogP contribution in [0.3, 0.4) is 0 Å². The Morgan fingerprint density at radius 3 is 3.06 bits per heavy atom.